The van der Waals surface area contributed by atoms with Gasteiger partial charge in [0, 0.05) is 35.2 Å². The number of rotatable bonds is 7. The molecule has 3 aromatic carbocycles. The summed E-state index contributed by atoms with van der Waals surface area (Å²) < 4.78 is 13.4. The first kappa shape index (κ1) is 23.1. The second kappa shape index (κ2) is 11.2. The molecule has 6 nitrogen and oxygen atoms in total. The number of para-hydroxylation sites is 1. The lowest BCUT2D eigenvalue weighted by atomic mass is 10.2. The number of anilines is 3. The van der Waals surface area contributed by atoms with Crippen LogP contribution < -0.4 is 20.9 Å². The summed E-state index contributed by atoms with van der Waals surface area (Å²) in [5.41, 5.74) is 2.83. The van der Waals surface area contributed by atoms with Crippen LogP contribution in [0.1, 0.15) is 12.0 Å². The van der Waals surface area contributed by atoms with Crippen molar-refractivity contribution in [1.82, 2.24) is 5.32 Å². The van der Waals surface area contributed by atoms with E-state index >= 15 is 0 Å². The summed E-state index contributed by atoms with van der Waals surface area (Å²) in [6, 6.07) is 19.2. The van der Waals surface area contributed by atoms with E-state index in [1.165, 1.54) is 29.2 Å². The third-order valence-corrected chi connectivity index (χ3v) is 4.97. The van der Waals surface area contributed by atoms with Crippen LogP contribution in [0, 0.1) is 12.7 Å². The predicted molar refractivity (Wildman–Crippen MR) is 127 cm³/mol. The number of carbonyl (C=O) groups is 2. The number of benzene rings is 3. The minimum Gasteiger partial charge on any atom is -0.338 e. The molecule has 4 amide bonds. The summed E-state index contributed by atoms with van der Waals surface area (Å²) in [5, 5.41) is 8.96. The fourth-order valence-corrected chi connectivity index (χ4v) is 3.14. The Hall–Kier alpha value is -3.58. The molecule has 0 fully saturated rings. The minimum atomic E-state index is -0.388. The normalized spacial score (nSPS) is 10.3. The average Bonchev–Trinajstić information content (AvgIpc) is 2.78. The lowest BCUT2D eigenvalue weighted by molar-refractivity contribution is 0.252. The molecule has 3 aromatic rings. The Balaban J connectivity index is 1.58. The van der Waals surface area contributed by atoms with Crippen LogP contribution in [0.15, 0.2) is 72.8 Å². The minimum absolute atomic E-state index is 0.315. The molecule has 0 aliphatic heterocycles. The Kier molecular flexibility index (Phi) is 8.05. The zero-order valence-corrected chi connectivity index (χ0v) is 18.3. The molecule has 8 heteroatoms. The maximum atomic E-state index is 13.4. The molecule has 0 saturated heterocycles. The number of urea groups is 2. The molecule has 3 rings (SSSR count). The quantitative estimate of drug-likeness (QED) is 0.381. The van der Waals surface area contributed by atoms with E-state index in [4.69, 9.17) is 11.6 Å². The van der Waals surface area contributed by atoms with Gasteiger partial charge in [-0.25, -0.2) is 14.0 Å². The van der Waals surface area contributed by atoms with Crippen molar-refractivity contribution < 1.29 is 14.0 Å². The lowest BCUT2D eigenvalue weighted by Crippen LogP contribution is -2.38. The highest BCUT2D eigenvalue weighted by atomic mass is 35.5. The number of carbonyl (C=O) groups excluding carboxylic acids is 2. The number of aryl methyl sites for hydroxylation is 1. The molecule has 0 aliphatic carbocycles. The number of nitrogens with one attached hydrogen (secondary N) is 3. The van der Waals surface area contributed by atoms with Gasteiger partial charge in [0.25, 0.3) is 0 Å². The largest absolute Gasteiger partial charge is 0.338 e. The van der Waals surface area contributed by atoms with Crippen LogP contribution in [0.3, 0.4) is 0 Å². The molecule has 166 valence electrons. The standard InChI is InChI=1S/C24H24ClFN4O2/c1-17-5-2-3-6-22(17)29-23(31)27-15-4-16-30(21-13-9-19(26)10-14-21)24(32)28-20-11-7-18(25)8-12-20/h2-3,5-14H,4,15-16H2,1H3,(H,28,32)(H2,27,29,31). The van der Waals surface area contributed by atoms with Gasteiger partial charge in [0.15, 0.2) is 0 Å². The van der Waals surface area contributed by atoms with Gasteiger partial charge in [-0.3, -0.25) is 4.90 Å². The van der Waals surface area contributed by atoms with Crippen LogP contribution in [-0.2, 0) is 0 Å². The lowest BCUT2D eigenvalue weighted by Gasteiger charge is -2.23. The van der Waals surface area contributed by atoms with E-state index in [1.54, 1.807) is 24.3 Å². The first-order chi connectivity index (χ1) is 15.4. The van der Waals surface area contributed by atoms with Crippen LogP contribution in [-0.4, -0.2) is 25.2 Å². The van der Waals surface area contributed by atoms with E-state index in [2.05, 4.69) is 16.0 Å². The van der Waals surface area contributed by atoms with E-state index in [1.807, 2.05) is 31.2 Å². The van der Waals surface area contributed by atoms with Gasteiger partial charge in [0.05, 0.1) is 0 Å². The summed E-state index contributed by atoms with van der Waals surface area (Å²) in [6.45, 7) is 2.58. The van der Waals surface area contributed by atoms with Crippen molar-refractivity contribution in [3.63, 3.8) is 0 Å². The van der Waals surface area contributed by atoms with E-state index in [-0.39, 0.29) is 17.9 Å². The van der Waals surface area contributed by atoms with Crippen molar-refractivity contribution in [3.05, 3.63) is 89.2 Å². The Morgan fingerprint density at radius 3 is 2.31 bits per heavy atom. The zero-order valence-electron chi connectivity index (χ0n) is 17.6. The zero-order chi connectivity index (χ0) is 22.9. The Morgan fingerprint density at radius 2 is 1.62 bits per heavy atom. The second-order valence-corrected chi connectivity index (χ2v) is 7.55. The van der Waals surface area contributed by atoms with Crippen molar-refractivity contribution in [2.45, 2.75) is 13.3 Å². The summed E-state index contributed by atoms with van der Waals surface area (Å²) >= 11 is 5.89. The Labute approximate surface area is 191 Å². The number of hydrogen-bond donors (Lipinski definition) is 3. The predicted octanol–water partition coefficient (Wildman–Crippen LogP) is 6.04. The molecule has 0 aromatic heterocycles. The van der Waals surface area contributed by atoms with Crippen LogP contribution in [0.25, 0.3) is 0 Å². The van der Waals surface area contributed by atoms with Gasteiger partial charge < -0.3 is 16.0 Å². The molecule has 0 atom stereocenters. The van der Waals surface area contributed by atoms with Gasteiger partial charge in [0.2, 0.25) is 0 Å². The van der Waals surface area contributed by atoms with Crippen LogP contribution in [0.4, 0.5) is 31.0 Å². The summed E-state index contributed by atoms with van der Waals surface area (Å²) in [5.74, 6) is -0.388. The first-order valence-corrected chi connectivity index (χ1v) is 10.5. The van der Waals surface area contributed by atoms with E-state index in [9.17, 15) is 14.0 Å². The monoisotopic (exact) mass is 454 g/mol. The number of hydrogen-bond acceptors (Lipinski definition) is 2. The fraction of sp³-hybridized carbons (Fsp3) is 0.167. The van der Waals surface area contributed by atoms with Crippen molar-refractivity contribution in [1.29, 1.82) is 0 Å². The van der Waals surface area contributed by atoms with E-state index in [0.717, 1.165) is 11.3 Å². The van der Waals surface area contributed by atoms with E-state index in [0.29, 0.717) is 35.9 Å². The number of amides is 4. The first-order valence-electron chi connectivity index (χ1n) is 10.1. The summed E-state index contributed by atoms with van der Waals surface area (Å²) in [6.07, 6.45) is 0.493. The van der Waals surface area contributed by atoms with Crippen LogP contribution in [0.2, 0.25) is 5.02 Å². The SMILES string of the molecule is Cc1ccccc1NC(=O)NCCCN(C(=O)Nc1ccc(Cl)cc1)c1ccc(F)cc1. The third-order valence-electron chi connectivity index (χ3n) is 4.72. The molecular weight excluding hydrogens is 431 g/mol. The molecule has 0 spiro atoms. The van der Waals surface area contributed by atoms with Gasteiger partial charge in [0.1, 0.15) is 5.82 Å². The molecule has 0 bridgehead atoms. The molecule has 3 N–H and O–H groups in total. The fourth-order valence-electron chi connectivity index (χ4n) is 3.01. The molecule has 0 aliphatic rings. The molecule has 0 saturated carbocycles. The van der Waals surface area contributed by atoms with Crippen molar-refractivity contribution in [2.24, 2.45) is 0 Å². The molecule has 32 heavy (non-hydrogen) atoms. The van der Waals surface area contributed by atoms with Crippen molar-refractivity contribution in [3.8, 4) is 0 Å². The molecule has 0 unspecified atom stereocenters. The maximum absolute atomic E-state index is 13.4. The maximum Gasteiger partial charge on any atom is 0.326 e. The average molecular weight is 455 g/mol. The van der Waals surface area contributed by atoms with Crippen molar-refractivity contribution >= 4 is 40.7 Å². The highest BCUT2D eigenvalue weighted by Crippen LogP contribution is 2.19. The highest BCUT2D eigenvalue weighted by Gasteiger charge is 2.16. The van der Waals surface area contributed by atoms with Gasteiger partial charge in [-0.2, -0.15) is 0 Å². The Morgan fingerprint density at radius 1 is 0.938 bits per heavy atom. The van der Waals surface area contributed by atoms with Crippen LogP contribution >= 0.6 is 11.6 Å². The van der Waals surface area contributed by atoms with Gasteiger partial charge in [-0.15, -0.1) is 0 Å². The smallest absolute Gasteiger partial charge is 0.326 e. The molecule has 0 radical (unpaired) electrons. The van der Waals surface area contributed by atoms with Crippen LogP contribution in [0.5, 0.6) is 0 Å². The van der Waals surface area contributed by atoms with Gasteiger partial charge >= 0.3 is 12.1 Å². The van der Waals surface area contributed by atoms with Crippen molar-refractivity contribution in [2.75, 3.05) is 28.6 Å². The number of halogens is 2. The molecule has 0 heterocycles. The summed E-state index contributed by atoms with van der Waals surface area (Å²) in [7, 11) is 0. The third kappa shape index (κ3) is 6.72. The van der Waals surface area contributed by atoms with Gasteiger partial charge in [-0.1, -0.05) is 29.8 Å². The second-order valence-electron chi connectivity index (χ2n) is 7.11. The summed E-state index contributed by atoms with van der Waals surface area (Å²) in [4.78, 5) is 26.5. The number of nitrogens with zero attached hydrogens (tertiary/aromatic N) is 1. The topological polar surface area (TPSA) is 73.5 Å². The molecular formula is C24H24ClFN4O2. The van der Waals surface area contributed by atoms with Gasteiger partial charge in [-0.05, 0) is 73.5 Å². The van der Waals surface area contributed by atoms with E-state index < -0.39 is 0 Å². The Bertz CT molecular complexity index is 1060. The highest BCUT2D eigenvalue weighted by molar-refractivity contribution is 6.30.